The van der Waals surface area contributed by atoms with Gasteiger partial charge in [0.15, 0.2) is 0 Å². The molecule has 1 aliphatic carbocycles. The van der Waals surface area contributed by atoms with E-state index in [-0.39, 0.29) is 11.2 Å². The average Bonchev–Trinajstić information content (AvgIpc) is 2.47. The van der Waals surface area contributed by atoms with Gasteiger partial charge < -0.3 is 10.5 Å². The van der Waals surface area contributed by atoms with Gasteiger partial charge in [-0.05, 0) is 58.4 Å². The summed E-state index contributed by atoms with van der Waals surface area (Å²) in [7, 11) is 0. The Morgan fingerprint density at radius 2 is 1.88 bits per heavy atom. The van der Waals surface area contributed by atoms with Gasteiger partial charge in [0.2, 0.25) is 0 Å². The van der Waals surface area contributed by atoms with Crippen molar-refractivity contribution < 1.29 is 4.74 Å². The van der Waals surface area contributed by atoms with E-state index in [9.17, 15) is 0 Å². The van der Waals surface area contributed by atoms with Crippen molar-refractivity contribution in [1.29, 1.82) is 0 Å². The van der Waals surface area contributed by atoms with E-state index in [0.717, 1.165) is 18.9 Å². The molecule has 1 saturated carbocycles. The van der Waals surface area contributed by atoms with Gasteiger partial charge in [-0.2, -0.15) is 0 Å². The first-order chi connectivity index (χ1) is 7.58. The first kappa shape index (κ1) is 12.4. The molecule has 1 aliphatic heterocycles. The quantitative estimate of drug-likeness (QED) is 0.800. The summed E-state index contributed by atoms with van der Waals surface area (Å²) < 4.78 is 6.45. The summed E-state index contributed by atoms with van der Waals surface area (Å²) in [6, 6.07) is 0. The van der Waals surface area contributed by atoms with Gasteiger partial charge in [-0.1, -0.05) is 19.3 Å². The van der Waals surface area contributed by atoms with Gasteiger partial charge in [0.25, 0.3) is 0 Å². The molecule has 0 amide bonds. The molecule has 94 valence electrons. The summed E-state index contributed by atoms with van der Waals surface area (Å²) in [4.78, 5) is 0. The highest BCUT2D eigenvalue weighted by atomic mass is 16.5. The van der Waals surface area contributed by atoms with Crippen LogP contribution in [0.3, 0.4) is 0 Å². The lowest BCUT2D eigenvalue weighted by molar-refractivity contribution is -0.116. The maximum Gasteiger partial charge on any atom is 0.0718 e. The standard InChI is InChI=1S/C14H27NO/c1-13(2)11-12(7-6-10-15)14(16-13)8-4-3-5-9-14/h12H,3-11,15H2,1-2H3. The van der Waals surface area contributed by atoms with Crippen molar-refractivity contribution >= 4 is 0 Å². The lowest BCUT2D eigenvalue weighted by atomic mass is 9.73. The third-order valence-corrected chi connectivity index (χ3v) is 4.42. The highest BCUT2D eigenvalue weighted by molar-refractivity contribution is 5.00. The molecule has 2 aliphatic rings. The Balaban J connectivity index is 2.07. The van der Waals surface area contributed by atoms with Gasteiger partial charge in [-0.3, -0.25) is 0 Å². The van der Waals surface area contributed by atoms with Crippen LogP contribution in [0.25, 0.3) is 0 Å². The van der Waals surface area contributed by atoms with Gasteiger partial charge >= 0.3 is 0 Å². The molecule has 2 heteroatoms. The molecule has 0 aromatic heterocycles. The van der Waals surface area contributed by atoms with E-state index in [1.54, 1.807) is 0 Å². The van der Waals surface area contributed by atoms with Crippen molar-refractivity contribution in [2.45, 2.75) is 76.4 Å². The summed E-state index contributed by atoms with van der Waals surface area (Å²) in [6.07, 6.45) is 10.3. The van der Waals surface area contributed by atoms with E-state index in [4.69, 9.17) is 10.5 Å². The molecular formula is C14H27NO. The molecule has 0 aromatic rings. The van der Waals surface area contributed by atoms with E-state index in [1.807, 2.05) is 0 Å². The Morgan fingerprint density at radius 3 is 2.50 bits per heavy atom. The fourth-order valence-corrected chi connectivity index (χ4v) is 3.84. The van der Waals surface area contributed by atoms with Crippen molar-refractivity contribution in [2.24, 2.45) is 11.7 Å². The van der Waals surface area contributed by atoms with Crippen molar-refractivity contribution in [2.75, 3.05) is 6.54 Å². The molecule has 0 aromatic carbocycles. The minimum Gasteiger partial charge on any atom is -0.369 e. The lowest BCUT2D eigenvalue weighted by Crippen LogP contribution is -2.39. The van der Waals surface area contributed by atoms with E-state index in [2.05, 4.69) is 13.8 Å². The van der Waals surface area contributed by atoms with Crippen LogP contribution < -0.4 is 5.73 Å². The summed E-state index contributed by atoms with van der Waals surface area (Å²) in [5, 5.41) is 0. The van der Waals surface area contributed by atoms with Crippen LogP contribution in [0.2, 0.25) is 0 Å². The zero-order valence-electron chi connectivity index (χ0n) is 10.9. The second-order valence-corrected chi connectivity index (χ2v) is 6.32. The normalized spacial score (nSPS) is 32.1. The van der Waals surface area contributed by atoms with Crippen LogP contribution in [0.5, 0.6) is 0 Å². The second kappa shape index (κ2) is 4.66. The fraction of sp³-hybridized carbons (Fsp3) is 1.00. The Labute approximate surface area is 99.9 Å². The van der Waals surface area contributed by atoms with Crippen LogP contribution in [0.15, 0.2) is 0 Å². The number of hydrogen-bond acceptors (Lipinski definition) is 2. The van der Waals surface area contributed by atoms with Gasteiger partial charge in [0, 0.05) is 0 Å². The van der Waals surface area contributed by atoms with E-state index >= 15 is 0 Å². The molecule has 2 N–H and O–H groups in total. The molecule has 1 unspecified atom stereocenters. The topological polar surface area (TPSA) is 35.2 Å². The van der Waals surface area contributed by atoms with Gasteiger partial charge in [0.05, 0.1) is 11.2 Å². The van der Waals surface area contributed by atoms with Crippen molar-refractivity contribution in [3.05, 3.63) is 0 Å². The highest BCUT2D eigenvalue weighted by Gasteiger charge is 2.51. The van der Waals surface area contributed by atoms with Crippen LogP contribution in [-0.2, 0) is 4.74 Å². The molecule has 2 fully saturated rings. The Bertz CT molecular complexity index is 231. The van der Waals surface area contributed by atoms with Gasteiger partial charge in [-0.15, -0.1) is 0 Å². The number of nitrogens with two attached hydrogens (primary N) is 1. The SMILES string of the molecule is CC1(C)CC(CCCN)C2(CCCCC2)O1. The van der Waals surface area contributed by atoms with Crippen LogP contribution in [0.4, 0.5) is 0 Å². The zero-order valence-corrected chi connectivity index (χ0v) is 10.9. The summed E-state index contributed by atoms with van der Waals surface area (Å²) >= 11 is 0. The maximum atomic E-state index is 6.45. The molecule has 1 spiro atoms. The predicted octanol–water partition coefficient (Wildman–Crippen LogP) is 3.24. The largest absolute Gasteiger partial charge is 0.369 e. The Kier molecular flexibility index (Phi) is 3.60. The van der Waals surface area contributed by atoms with Crippen molar-refractivity contribution in [1.82, 2.24) is 0 Å². The monoisotopic (exact) mass is 225 g/mol. The second-order valence-electron chi connectivity index (χ2n) is 6.32. The predicted molar refractivity (Wildman–Crippen MR) is 67.4 cm³/mol. The Morgan fingerprint density at radius 1 is 1.19 bits per heavy atom. The minimum absolute atomic E-state index is 0.0939. The fourth-order valence-electron chi connectivity index (χ4n) is 3.84. The number of ether oxygens (including phenoxy) is 1. The van der Waals surface area contributed by atoms with Crippen LogP contribution >= 0.6 is 0 Å². The molecule has 1 saturated heterocycles. The zero-order chi connectivity index (χ0) is 11.6. The third kappa shape index (κ3) is 2.43. The third-order valence-electron chi connectivity index (χ3n) is 4.42. The molecule has 16 heavy (non-hydrogen) atoms. The molecule has 0 radical (unpaired) electrons. The minimum atomic E-state index is 0.0939. The van der Waals surface area contributed by atoms with Crippen LogP contribution in [-0.4, -0.2) is 17.7 Å². The van der Waals surface area contributed by atoms with Crippen molar-refractivity contribution in [3.8, 4) is 0 Å². The summed E-state index contributed by atoms with van der Waals surface area (Å²) in [5.74, 6) is 0.756. The lowest BCUT2D eigenvalue weighted by Gasteiger charge is -2.39. The summed E-state index contributed by atoms with van der Waals surface area (Å²) in [6.45, 7) is 5.34. The van der Waals surface area contributed by atoms with E-state index in [0.29, 0.717) is 0 Å². The first-order valence-corrected chi connectivity index (χ1v) is 6.98. The molecular weight excluding hydrogens is 198 g/mol. The molecule has 0 bridgehead atoms. The molecule has 2 nitrogen and oxygen atoms in total. The highest BCUT2D eigenvalue weighted by Crippen LogP contribution is 2.51. The first-order valence-electron chi connectivity index (χ1n) is 6.98. The summed E-state index contributed by atoms with van der Waals surface area (Å²) in [5.41, 5.74) is 5.96. The Hall–Kier alpha value is -0.0800. The molecule has 2 rings (SSSR count). The molecule has 1 heterocycles. The van der Waals surface area contributed by atoms with E-state index < -0.39 is 0 Å². The average molecular weight is 225 g/mol. The number of rotatable bonds is 3. The van der Waals surface area contributed by atoms with Gasteiger partial charge in [-0.25, -0.2) is 0 Å². The smallest absolute Gasteiger partial charge is 0.0718 e. The number of hydrogen-bond donors (Lipinski definition) is 1. The van der Waals surface area contributed by atoms with E-state index in [1.165, 1.54) is 44.9 Å². The molecule has 1 atom stereocenters. The van der Waals surface area contributed by atoms with Crippen LogP contribution in [0.1, 0.15) is 65.2 Å². The van der Waals surface area contributed by atoms with Gasteiger partial charge in [0.1, 0.15) is 0 Å². The van der Waals surface area contributed by atoms with Crippen molar-refractivity contribution in [3.63, 3.8) is 0 Å². The maximum absolute atomic E-state index is 6.45. The van der Waals surface area contributed by atoms with Crippen LogP contribution in [0, 0.1) is 5.92 Å².